The van der Waals surface area contributed by atoms with Gasteiger partial charge in [-0.25, -0.2) is 0 Å². The van der Waals surface area contributed by atoms with Crippen LogP contribution in [0.1, 0.15) is 32.1 Å². The van der Waals surface area contributed by atoms with Gasteiger partial charge in [0.25, 0.3) is 0 Å². The highest BCUT2D eigenvalue weighted by molar-refractivity contribution is 7.99. The van der Waals surface area contributed by atoms with E-state index in [9.17, 15) is 4.79 Å². The topological polar surface area (TPSA) is 87.7 Å². The minimum atomic E-state index is -0.166. The van der Waals surface area contributed by atoms with E-state index < -0.39 is 0 Å². The lowest BCUT2D eigenvalue weighted by Crippen LogP contribution is -2.44. The lowest BCUT2D eigenvalue weighted by Gasteiger charge is -2.30. The molecule has 1 amide bonds. The minimum absolute atomic E-state index is 0.0336. The number of rotatable bonds is 4. The summed E-state index contributed by atoms with van der Waals surface area (Å²) in [6.07, 6.45) is 6.60. The fourth-order valence-corrected chi connectivity index (χ4v) is 2.94. The van der Waals surface area contributed by atoms with Crippen molar-refractivity contribution in [1.82, 2.24) is 5.32 Å². The number of oxime groups is 1. The first kappa shape index (κ1) is 13.2. The Hall–Kier alpha value is -0.910. The predicted molar refractivity (Wildman–Crippen MR) is 65.7 cm³/mol. The molecule has 0 aromatic heterocycles. The summed E-state index contributed by atoms with van der Waals surface area (Å²) in [7, 11) is 0. The Kier molecular flexibility index (Phi) is 5.45. The SMILES string of the molecule is CSC1CCCCC1NC(=O)CC(N)=NO. The van der Waals surface area contributed by atoms with E-state index >= 15 is 0 Å². The molecule has 0 heterocycles. The minimum Gasteiger partial charge on any atom is -0.409 e. The van der Waals surface area contributed by atoms with Crippen molar-refractivity contribution in [3.63, 3.8) is 0 Å². The Labute approximate surface area is 99.8 Å². The number of amides is 1. The zero-order chi connectivity index (χ0) is 12.0. The second-order valence-electron chi connectivity index (χ2n) is 4.00. The highest BCUT2D eigenvalue weighted by atomic mass is 32.2. The summed E-state index contributed by atoms with van der Waals surface area (Å²) >= 11 is 1.79. The number of nitrogens with one attached hydrogen (secondary N) is 1. The highest BCUT2D eigenvalue weighted by Gasteiger charge is 2.25. The van der Waals surface area contributed by atoms with Crippen LogP contribution in [0.3, 0.4) is 0 Å². The van der Waals surface area contributed by atoms with Crippen molar-refractivity contribution in [2.24, 2.45) is 10.9 Å². The molecule has 0 aliphatic heterocycles. The van der Waals surface area contributed by atoms with Gasteiger partial charge in [0.2, 0.25) is 5.91 Å². The second kappa shape index (κ2) is 6.62. The standard InChI is InChI=1S/C10H19N3O2S/c1-16-8-5-3-2-4-7(8)12-10(14)6-9(11)13-15/h7-8,15H,2-6H2,1H3,(H2,11,13)(H,12,14). The van der Waals surface area contributed by atoms with E-state index in [4.69, 9.17) is 10.9 Å². The highest BCUT2D eigenvalue weighted by Crippen LogP contribution is 2.27. The van der Waals surface area contributed by atoms with E-state index in [0.29, 0.717) is 5.25 Å². The Morgan fingerprint density at radius 1 is 1.56 bits per heavy atom. The van der Waals surface area contributed by atoms with Gasteiger partial charge in [-0.1, -0.05) is 18.0 Å². The number of amidine groups is 1. The molecule has 16 heavy (non-hydrogen) atoms. The molecule has 0 radical (unpaired) electrons. The average Bonchev–Trinajstić information content (AvgIpc) is 2.29. The third-order valence-corrected chi connectivity index (χ3v) is 3.99. The van der Waals surface area contributed by atoms with Gasteiger partial charge in [-0.05, 0) is 19.1 Å². The normalized spacial score (nSPS) is 26.4. The summed E-state index contributed by atoms with van der Waals surface area (Å²) in [5.74, 6) is -0.213. The molecule has 92 valence electrons. The molecule has 1 fully saturated rings. The molecule has 0 bridgehead atoms. The molecule has 1 aliphatic carbocycles. The second-order valence-corrected chi connectivity index (χ2v) is 5.08. The molecule has 2 atom stereocenters. The summed E-state index contributed by atoms with van der Waals surface area (Å²) in [5.41, 5.74) is 5.28. The number of carbonyl (C=O) groups excluding carboxylic acids is 1. The molecule has 1 aliphatic rings. The zero-order valence-corrected chi connectivity index (χ0v) is 10.3. The maximum absolute atomic E-state index is 11.5. The molecule has 4 N–H and O–H groups in total. The van der Waals surface area contributed by atoms with Crippen LogP contribution in [0.5, 0.6) is 0 Å². The quantitative estimate of drug-likeness (QED) is 0.297. The molecule has 0 aromatic carbocycles. The van der Waals surface area contributed by atoms with Gasteiger partial charge in [0.1, 0.15) is 5.84 Å². The van der Waals surface area contributed by atoms with Gasteiger partial charge in [0.05, 0.1) is 6.42 Å². The van der Waals surface area contributed by atoms with Crippen LogP contribution < -0.4 is 11.1 Å². The number of nitrogens with zero attached hydrogens (tertiary/aromatic N) is 1. The smallest absolute Gasteiger partial charge is 0.227 e. The van der Waals surface area contributed by atoms with E-state index in [1.54, 1.807) is 11.8 Å². The number of hydrogen-bond donors (Lipinski definition) is 3. The van der Waals surface area contributed by atoms with Crippen molar-refractivity contribution < 1.29 is 10.0 Å². The van der Waals surface area contributed by atoms with Crippen molar-refractivity contribution in [1.29, 1.82) is 0 Å². The number of hydrogen-bond acceptors (Lipinski definition) is 4. The molecule has 1 rings (SSSR count). The van der Waals surface area contributed by atoms with E-state index in [-0.39, 0.29) is 24.2 Å². The summed E-state index contributed by atoms with van der Waals surface area (Å²) in [5, 5.41) is 14.6. The van der Waals surface area contributed by atoms with Gasteiger partial charge in [-0.15, -0.1) is 0 Å². The van der Waals surface area contributed by atoms with Gasteiger partial charge >= 0.3 is 0 Å². The molecule has 0 spiro atoms. The average molecular weight is 245 g/mol. The molecule has 0 saturated heterocycles. The van der Waals surface area contributed by atoms with E-state index in [0.717, 1.165) is 19.3 Å². The lowest BCUT2D eigenvalue weighted by atomic mass is 9.95. The molecule has 0 aromatic rings. The van der Waals surface area contributed by atoms with E-state index in [1.165, 1.54) is 6.42 Å². The monoisotopic (exact) mass is 245 g/mol. The molecule has 2 unspecified atom stereocenters. The van der Waals surface area contributed by atoms with Crippen LogP contribution >= 0.6 is 11.8 Å². The largest absolute Gasteiger partial charge is 0.409 e. The van der Waals surface area contributed by atoms with Gasteiger partial charge in [0.15, 0.2) is 0 Å². The van der Waals surface area contributed by atoms with Crippen LogP contribution in [-0.4, -0.2) is 34.5 Å². The Bertz CT molecular complexity index is 271. The van der Waals surface area contributed by atoms with Crippen molar-refractivity contribution >= 4 is 23.5 Å². The predicted octanol–water partition coefficient (Wildman–Crippen LogP) is 0.913. The first-order valence-electron chi connectivity index (χ1n) is 5.46. The molecular formula is C10H19N3O2S. The fourth-order valence-electron chi connectivity index (χ4n) is 2.00. The van der Waals surface area contributed by atoms with Gasteiger partial charge < -0.3 is 16.3 Å². The van der Waals surface area contributed by atoms with Gasteiger partial charge in [0, 0.05) is 11.3 Å². The lowest BCUT2D eigenvalue weighted by molar-refractivity contribution is -0.120. The zero-order valence-electron chi connectivity index (χ0n) is 9.48. The van der Waals surface area contributed by atoms with Crippen LogP contribution in [0, 0.1) is 0 Å². The van der Waals surface area contributed by atoms with Gasteiger partial charge in [-0.3, -0.25) is 4.79 Å². The van der Waals surface area contributed by atoms with Crippen molar-refractivity contribution in [2.75, 3.05) is 6.26 Å². The summed E-state index contributed by atoms with van der Waals surface area (Å²) in [6, 6.07) is 0.225. The number of carbonyl (C=O) groups is 1. The Balaban J connectivity index is 2.42. The Morgan fingerprint density at radius 3 is 2.88 bits per heavy atom. The van der Waals surface area contributed by atoms with Crippen LogP contribution in [0.2, 0.25) is 0 Å². The molecule has 6 heteroatoms. The molecule has 5 nitrogen and oxygen atoms in total. The molecular weight excluding hydrogens is 226 g/mol. The van der Waals surface area contributed by atoms with E-state index in [1.807, 2.05) is 0 Å². The number of thioether (sulfide) groups is 1. The van der Waals surface area contributed by atoms with E-state index in [2.05, 4.69) is 16.7 Å². The maximum atomic E-state index is 11.5. The van der Waals surface area contributed by atoms with Crippen LogP contribution in [0.4, 0.5) is 0 Å². The van der Waals surface area contributed by atoms with Crippen LogP contribution in [-0.2, 0) is 4.79 Å². The third kappa shape index (κ3) is 3.92. The summed E-state index contributed by atoms with van der Waals surface area (Å²) in [4.78, 5) is 11.5. The van der Waals surface area contributed by atoms with Crippen molar-refractivity contribution in [3.8, 4) is 0 Å². The van der Waals surface area contributed by atoms with Crippen molar-refractivity contribution in [3.05, 3.63) is 0 Å². The van der Waals surface area contributed by atoms with Gasteiger partial charge in [-0.2, -0.15) is 11.8 Å². The third-order valence-electron chi connectivity index (χ3n) is 2.82. The molecule has 1 saturated carbocycles. The fraction of sp³-hybridized carbons (Fsp3) is 0.800. The number of nitrogens with two attached hydrogens (primary N) is 1. The first-order valence-corrected chi connectivity index (χ1v) is 6.74. The van der Waals surface area contributed by atoms with Crippen LogP contribution in [0.25, 0.3) is 0 Å². The van der Waals surface area contributed by atoms with Crippen molar-refractivity contribution in [2.45, 2.75) is 43.4 Å². The maximum Gasteiger partial charge on any atom is 0.227 e. The Morgan fingerprint density at radius 2 is 2.25 bits per heavy atom. The van der Waals surface area contributed by atoms with Crippen LogP contribution in [0.15, 0.2) is 5.16 Å². The summed E-state index contributed by atoms with van der Waals surface area (Å²) in [6.45, 7) is 0. The summed E-state index contributed by atoms with van der Waals surface area (Å²) < 4.78 is 0. The first-order chi connectivity index (χ1) is 7.67.